The van der Waals surface area contributed by atoms with Crippen molar-refractivity contribution in [3.8, 4) is 5.75 Å². The topological polar surface area (TPSA) is 53.4 Å². The van der Waals surface area contributed by atoms with Gasteiger partial charge in [0, 0.05) is 0 Å². The van der Waals surface area contributed by atoms with E-state index in [0.717, 1.165) is 5.56 Å². The van der Waals surface area contributed by atoms with Gasteiger partial charge in [-0.1, -0.05) is 17.8 Å². The molecular weight excluding hydrogens is 236 g/mol. The van der Waals surface area contributed by atoms with Crippen molar-refractivity contribution in [3.63, 3.8) is 0 Å². The van der Waals surface area contributed by atoms with Gasteiger partial charge in [-0.2, -0.15) is 0 Å². The van der Waals surface area contributed by atoms with E-state index in [2.05, 4.69) is 0 Å². The molecule has 0 saturated carbocycles. The number of carbonyl (C=O) groups is 1. The van der Waals surface area contributed by atoms with Crippen molar-refractivity contribution in [2.45, 2.75) is 13.8 Å². The van der Waals surface area contributed by atoms with Gasteiger partial charge in [0.25, 0.3) is 0 Å². The van der Waals surface area contributed by atoms with E-state index in [-0.39, 0.29) is 11.1 Å². The third-order valence-corrected chi connectivity index (χ3v) is 3.29. The summed E-state index contributed by atoms with van der Waals surface area (Å²) < 4.78 is 5.50. The molecule has 1 aromatic carbocycles. The summed E-state index contributed by atoms with van der Waals surface area (Å²) in [6, 6.07) is 5.66. The van der Waals surface area contributed by atoms with Crippen LogP contribution in [-0.4, -0.2) is 23.4 Å². The van der Waals surface area contributed by atoms with E-state index >= 15 is 0 Å². The van der Waals surface area contributed by atoms with E-state index in [0.29, 0.717) is 23.8 Å². The fourth-order valence-electron chi connectivity index (χ4n) is 1.70. The van der Waals surface area contributed by atoms with Gasteiger partial charge in [-0.3, -0.25) is 15.1 Å². The number of nitrogens with one attached hydrogen (secondary N) is 1. The maximum Gasteiger partial charge on any atom is 0.243 e. The van der Waals surface area contributed by atoms with Crippen molar-refractivity contribution < 1.29 is 9.53 Å². The summed E-state index contributed by atoms with van der Waals surface area (Å²) in [6.45, 7) is 4.39. The maximum absolute atomic E-state index is 11.8. The number of nitrogens with zero attached hydrogens (tertiary/aromatic N) is 1. The van der Waals surface area contributed by atoms with Gasteiger partial charge in [0.05, 0.1) is 18.0 Å². The van der Waals surface area contributed by atoms with Gasteiger partial charge < -0.3 is 4.74 Å². The second-order valence-corrected chi connectivity index (χ2v) is 4.69. The Bertz CT molecular complexity index is 458. The molecule has 1 aliphatic rings. The zero-order chi connectivity index (χ0) is 12.4. The number of hydrogen-bond acceptors (Lipinski definition) is 4. The van der Waals surface area contributed by atoms with E-state index in [4.69, 9.17) is 10.1 Å². The summed E-state index contributed by atoms with van der Waals surface area (Å²) in [5, 5.41) is 8.05. The monoisotopic (exact) mass is 250 g/mol. The first-order chi connectivity index (χ1) is 8.13. The Hall–Kier alpha value is -1.49. The Balaban J connectivity index is 2.45. The largest absolute Gasteiger partial charge is 0.492 e. The van der Waals surface area contributed by atoms with Gasteiger partial charge in [-0.15, -0.1) is 0 Å². The Morgan fingerprint density at radius 2 is 2.29 bits per heavy atom. The lowest BCUT2D eigenvalue weighted by Gasteiger charge is -2.19. The quantitative estimate of drug-likeness (QED) is 0.896. The van der Waals surface area contributed by atoms with Gasteiger partial charge >= 0.3 is 0 Å². The molecule has 1 aromatic rings. The zero-order valence-electron chi connectivity index (χ0n) is 9.82. The van der Waals surface area contributed by atoms with E-state index in [1.807, 2.05) is 32.0 Å². The molecule has 0 bridgehead atoms. The number of anilines is 1. The lowest BCUT2D eigenvalue weighted by Crippen LogP contribution is -2.29. The minimum absolute atomic E-state index is 0.0634. The van der Waals surface area contributed by atoms with Crippen LogP contribution in [0.5, 0.6) is 5.75 Å². The molecule has 0 aromatic heterocycles. The number of ether oxygens (including phenoxy) is 1. The summed E-state index contributed by atoms with van der Waals surface area (Å²) >= 11 is 1.25. The molecule has 1 aliphatic heterocycles. The second-order valence-electron chi connectivity index (χ2n) is 3.73. The summed E-state index contributed by atoms with van der Waals surface area (Å²) in [6.07, 6.45) is 0. The van der Waals surface area contributed by atoms with E-state index in [1.165, 1.54) is 16.7 Å². The van der Waals surface area contributed by atoms with Gasteiger partial charge in [-0.05, 0) is 31.5 Å². The average Bonchev–Trinajstić information content (AvgIpc) is 2.62. The number of thioether (sulfide) groups is 1. The van der Waals surface area contributed by atoms with Crippen LogP contribution in [0.4, 0.5) is 5.69 Å². The molecular formula is C12H14N2O2S. The average molecular weight is 250 g/mol. The molecule has 1 heterocycles. The molecule has 4 nitrogen and oxygen atoms in total. The summed E-state index contributed by atoms with van der Waals surface area (Å²) in [4.78, 5) is 13.2. The summed E-state index contributed by atoms with van der Waals surface area (Å²) in [5.74, 6) is 0.920. The number of benzene rings is 1. The standard InChI is InChI=1S/C12H14N2O2S/c1-3-16-10-5-4-8(2)6-9(10)14-11(15)7-17-12(14)13/h4-6,13H,3,7H2,1-2H3. The predicted octanol–water partition coefficient (Wildman–Crippen LogP) is 2.41. The molecule has 0 unspecified atom stereocenters. The summed E-state index contributed by atoms with van der Waals surface area (Å²) in [5.41, 5.74) is 1.72. The highest BCUT2D eigenvalue weighted by Gasteiger charge is 2.30. The zero-order valence-corrected chi connectivity index (χ0v) is 10.6. The first-order valence-corrected chi connectivity index (χ1v) is 6.39. The van der Waals surface area contributed by atoms with Crippen LogP contribution in [0.15, 0.2) is 18.2 Å². The Morgan fingerprint density at radius 1 is 1.53 bits per heavy atom. The molecule has 1 N–H and O–H groups in total. The van der Waals surface area contributed by atoms with Crippen molar-refractivity contribution in [2.75, 3.05) is 17.3 Å². The molecule has 2 rings (SSSR count). The number of carbonyl (C=O) groups excluding carboxylic acids is 1. The van der Waals surface area contributed by atoms with Gasteiger partial charge in [0.1, 0.15) is 5.75 Å². The van der Waals surface area contributed by atoms with Crippen LogP contribution in [0.2, 0.25) is 0 Å². The van der Waals surface area contributed by atoms with E-state index < -0.39 is 0 Å². The maximum atomic E-state index is 11.8. The molecule has 17 heavy (non-hydrogen) atoms. The van der Waals surface area contributed by atoms with E-state index in [9.17, 15) is 4.79 Å². The van der Waals surface area contributed by atoms with Crippen LogP contribution in [-0.2, 0) is 4.79 Å². The van der Waals surface area contributed by atoms with Crippen LogP contribution >= 0.6 is 11.8 Å². The first kappa shape index (κ1) is 12.0. The van der Waals surface area contributed by atoms with Gasteiger partial charge in [-0.25, -0.2) is 0 Å². The van der Waals surface area contributed by atoms with Crippen molar-refractivity contribution in [1.82, 2.24) is 0 Å². The van der Waals surface area contributed by atoms with Gasteiger partial charge in [0.15, 0.2) is 5.17 Å². The van der Waals surface area contributed by atoms with E-state index in [1.54, 1.807) is 0 Å². The lowest BCUT2D eigenvalue weighted by atomic mass is 10.2. The number of hydrogen-bond donors (Lipinski definition) is 1. The smallest absolute Gasteiger partial charge is 0.243 e. The van der Waals surface area contributed by atoms with Crippen LogP contribution in [0.3, 0.4) is 0 Å². The highest BCUT2D eigenvalue weighted by molar-refractivity contribution is 8.15. The van der Waals surface area contributed by atoms with Crippen molar-refractivity contribution in [3.05, 3.63) is 23.8 Å². The molecule has 1 fully saturated rings. The van der Waals surface area contributed by atoms with Crippen molar-refractivity contribution in [2.24, 2.45) is 0 Å². The molecule has 0 aliphatic carbocycles. The van der Waals surface area contributed by atoms with Crippen LogP contribution in [0, 0.1) is 12.3 Å². The third-order valence-electron chi connectivity index (χ3n) is 2.44. The summed E-state index contributed by atoms with van der Waals surface area (Å²) in [7, 11) is 0. The predicted molar refractivity (Wildman–Crippen MR) is 70.0 cm³/mol. The third kappa shape index (κ3) is 2.29. The van der Waals surface area contributed by atoms with Crippen LogP contribution in [0.25, 0.3) is 0 Å². The lowest BCUT2D eigenvalue weighted by molar-refractivity contribution is -0.115. The van der Waals surface area contributed by atoms with Gasteiger partial charge in [0.2, 0.25) is 5.91 Å². The SMILES string of the molecule is CCOc1ccc(C)cc1N1C(=N)SCC1=O. The van der Waals surface area contributed by atoms with Crippen molar-refractivity contribution >= 4 is 28.5 Å². The number of rotatable bonds is 3. The minimum atomic E-state index is -0.0634. The first-order valence-electron chi connectivity index (χ1n) is 5.41. The molecule has 0 radical (unpaired) electrons. The normalized spacial score (nSPS) is 15.5. The Morgan fingerprint density at radius 3 is 2.88 bits per heavy atom. The highest BCUT2D eigenvalue weighted by atomic mass is 32.2. The Kier molecular flexibility index (Phi) is 3.38. The molecule has 0 spiro atoms. The Labute approximate surface area is 104 Å². The van der Waals surface area contributed by atoms with Crippen LogP contribution < -0.4 is 9.64 Å². The molecule has 1 saturated heterocycles. The highest BCUT2D eigenvalue weighted by Crippen LogP contribution is 2.34. The number of aryl methyl sites for hydroxylation is 1. The molecule has 1 amide bonds. The molecule has 5 heteroatoms. The van der Waals surface area contributed by atoms with Crippen LogP contribution in [0.1, 0.15) is 12.5 Å². The second kappa shape index (κ2) is 4.79. The number of amides is 1. The number of amidine groups is 1. The minimum Gasteiger partial charge on any atom is -0.492 e. The molecule has 0 atom stereocenters. The van der Waals surface area contributed by atoms with Crippen molar-refractivity contribution in [1.29, 1.82) is 5.41 Å². The molecule has 90 valence electrons. The fraction of sp³-hybridized carbons (Fsp3) is 0.333. The fourth-order valence-corrected chi connectivity index (χ4v) is 2.41.